The number of nitrogen functional groups attached to an aromatic ring is 1. The van der Waals surface area contributed by atoms with Crippen LogP contribution in [0.5, 0.6) is 5.75 Å². The molecule has 0 aliphatic rings. The van der Waals surface area contributed by atoms with Crippen molar-refractivity contribution < 1.29 is 4.74 Å². The Labute approximate surface area is 158 Å². The van der Waals surface area contributed by atoms with Gasteiger partial charge in [-0.1, -0.05) is 24.3 Å². The molecule has 0 fully saturated rings. The second-order valence-electron chi connectivity index (χ2n) is 4.10. The molecule has 20 heavy (non-hydrogen) atoms. The second kappa shape index (κ2) is 7.25. The third kappa shape index (κ3) is 4.20. The van der Waals surface area contributed by atoms with Crippen LogP contribution >= 0.6 is 67.8 Å². The number of amidine groups is 1. The standard InChI is InChI=1S/C14H11I3N2O/c15-10-5-11(16)13(12(17)6-10)20-7-8-1-3-9(4-2-8)14(18)19/h1-6H,7H2,(H3,18,19). The van der Waals surface area contributed by atoms with Gasteiger partial charge in [0.05, 0.1) is 7.14 Å². The lowest BCUT2D eigenvalue weighted by Gasteiger charge is -2.11. The Morgan fingerprint density at radius 1 is 1.05 bits per heavy atom. The lowest BCUT2D eigenvalue weighted by atomic mass is 10.1. The highest BCUT2D eigenvalue weighted by Gasteiger charge is 2.08. The van der Waals surface area contributed by atoms with E-state index in [9.17, 15) is 0 Å². The highest BCUT2D eigenvalue weighted by Crippen LogP contribution is 2.30. The van der Waals surface area contributed by atoms with E-state index in [1.54, 1.807) is 0 Å². The van der Waals surface area contributed by atoms with E-state index in [2.05, 4.69) is 79.9 Å². The molecule has 0 aromatic heterocycles. The summed E-state index contributed by atoms with van der Waals surface area (Å²) in [4.78, 5) is 0. The van der Waals surface area contributed by atoms with Crippen LogP contribution < -0.4 is 10.5 Å². The summed E-state index contributed by atoms with van der Waals surface area (Å²) in [7, 11) is 0. The van der Waals surface area contributed by atoms with Crippen molar-refractivity contribution in [3.63, 3.8) is 0 Å². The van der Waals surface area contributed by atoms with Gasteiger partial charge in [-0.3, -0.25) is 5.41 Å². The molecule has 0 atom stereocenters. The molecule has 2 aromatic carbocycles. The first-order valence-corrected chi connectivity index (χ1v) is 8.91. The Morgan fingerprint density at radius 3 is 2.10 bits per heavy atom. The first-order chi connectivity index (χ1) is 9.47. The summed E-state index contributed by atoms with van der Waals surface area (Å²) in [5.41, 5.74) is 7.22. The zero-order valence-electron chi connectivity index (χ0n) is 10.3. The third-order valence-corrected chi connectivity index (χ3v) is 4.84. The number of hydrogen-bond donors (Lipinski definition) is 2. The van der Waals surface area contributed by atoms with Gasteiger partial charge in [-0.2, -0.15) is 0 Å². The summed E-state index contributed by atoms with van der Waals surface area (Å²) in [5.74, 6) is 1.00. The number of hydrogen-bond acceptors (Lipinski definition) is 2. The molecule has 104 valence electrons. The molecular formula is C14H11I3N2O. The maximum atomic E-state index is 7.36. The van der Waals surface area contributed by atoms with E-state index in [1.165, 1.54) is 3.57 Å². The topological polar surface area (TPSA) is 59.1 Å². The van der Waals surface area contributed by atoms with Gasteiger partial charge in [-0.05, 0) is 85.5 Å². The molecule has 0 unspecified atom stereocenters. The van der Waals surface area contributed by atoms with Crippen LogP contribution in [0, 0.1) is 16.1 Å². The fourth-order valence-corrected chi connectivity index (χ4v) is 5.50. The summed E-state index contributed by atoms with van der Waals surface area (Å²) in [6.45, 7) is 0.505. The Morgan fingerprint density at radius 2 is 1.60 bits per heavy atom. The van der Waals surface area contributed by atoms with E-state index in [-0.39, 0.29) is 5.84 Å². The predicted molar refractivity (Wildman–Crippen MR) is 106 cm³/mol. The maximum absolute atomic E-state index is 7.36. The summed E-state index contributed by atoms with van der Waals surface area (Å²) in [5, 5.41) is 7.36. The van der Waals surface area contributed by atoms with Crippen LogP contribution in [0.4, 0.5) is 0 Å². The molecule has 0 spiro atoms. The van der Waals surface area contributed by atoms with Crippen molar-refractivity contribution >= 4 is 73.6 Å². The molecule has 3 N–H and O–H groups in total. The number of nitrogens with two attached hydrogens (primary N) is 1. The van der Waals surface area contributed by atoms with Crippen LogP contribution in [0.1, 0.15) is 11.1 Å². The Kier molecular flexibility index (Phi) is 5.90. The van der Waals surface area contributed by atoms with Crippen LogP contribution in [-0.2, 0) is 6.61 Å². The molecule has 0 aliphatic heterocycles. The van der Waals surface area contributed by atoms with Crippen molar-refractivity contribution in [3.8, 4) is 5.75 Å². The number of nitrogens with one attached hydrogen (secondary N) is 1. The van der Waals surface area contributed by atoms with Crippen LogP contribution in [-0.4, -0.2) is 5.84 Å². The molecule has 0 amide bonds. The molecule has 0 saturated carbocycles. The van der Waals surface area contributed by atoms with Gasteiger partial charge in [-0.25, -0.2) is 0 Å². The van der Waals surface area contributed by atoms with Crippen molar-refractivity contribution in [2.24, 2.45) is 5.73 Å². The Balaban J connectivity index is 2.11. The van der Waals surface area contributed by atoms with Crippen molar-refractivity contribution in [2.75, 3.05) is 0 Å². The monoisotopic (exact) mass is 604 g/mol. The Bertz CT molecular complexity index is 618. The highest BCUT2D eigenvalue weighted by molar-refractivity contribution is 14.1. The van der Waals surface area contributed by atoms with Gasteiger partial charge >= 0.3 is 0 Å². The van der Waals surface area contributed by atoms with Gasteiger partial charge < -0.3 is 10.5 Å². The molecule has 0 bridgehead atoms. The number of ether oxygens (including phenoxy) is 1. The minimum atomic E-state index is 0.0826. The van der Waals surface area contributed by atoms with E-state index in [1.807, 2.05) is 24.3 Å². The average Bonchev–Trinajstić information content (AvgIpc) is 2.38. The fourth-order valence-electron chi connectivity index (χ4n) is 1.60. The third-order valence-electron chi connectivity index (χ3n) is 2.61. The molecule has 0 aliphatic carbocycles. The van der Waals surface area contributed by atoms with E-state index in [0.29, 0.717) is 6.61 Å². The molecular weight excluding hydrogens is 593 g/mol. The normalized spacial score (nSPS) is 10.3. The summed E-state index contributed by atoms with van der Waals surface area (Å²) >= 11 is 6.88. The van der Waals surface area contributed by atoms with Crippen LogP contribution in [0.3, 0.4) is 0 Å². The molecule has 2 rings (SSSR count). The molecule has 0 heterocycles. The van der Waals surface area contributed by atoms with Crippen molar-refractivity contribution in [3.05, 3.63) is 58.2 Å². The summed E-state index contributed by atoms with van der Waals surface area (Å²) in [6, 6.07) is 11.7. The molecule has 2 aromatic rings. The minimum absolute atomic E-state index is 0.0826. The summed E-state index contributed by atoms with van der Waals surface area (Å²) < 4.78 is 9.33. The lowest BCUT2D eigenvalue weighted by Crippen LogP contribution is -2.10. The first-order valence-electron chi connectivity index (χ1n) is 5.68. The van der Waals surface area contributed by atoms with Crippen LogP contribution in [0.2, 0.25) is 0 Å². The van der Waals surface area contributed by atoms with Crippen molar-refractivity contribution in [1.29, 1.82) is 5.41 Å². The zero-order chi connectivity index (χ0) is 14.7. The van der Waals surface area contributed by atoms with Gasteiger partial charge in [0.2, 0.25) is 0 Å². The molecule has 3 nitrogen and oxygen atoms in total. The fraction of sp³-hybridized carbons (Fsp3) is 0.0714. The van der Waals surface area contributed by atoms with Crippen LogP contribution in [0.15, 0.2) is 36.4 Å². The van der Waals surface area contributed by atoms with Crippen molar-refractivity contribution in [2.45, 2.75) is 6.61 Å². The first kappa shape index (κ1) is 16.3. The maximum Gasteiger partial charge on any atom is 0.146 e. The smallest absolute Gasteiger partial charge is 0.146 e. The lowest BCUT2D eigenvalue weighted by molar-refractivity contribution is 0.301. The quantitative estimate of drug-likeness (QED) is 0.310. The van der Waals surface area contributed by atoms with Gasteiger partial charge in [0.25, 0.3) is 0 Å². The minimum Gasteiger partial charge on any atom is -0.487 e. The second-order valence-corrected chi connectivity index (χ2v) is 7.67. The van der Waals surface area contributed by atoms with Crippen LogP contribution in [0.25, 0.3) is 0 Å². The highest BCUT2D eigenvalue weighted by atomic mass is 127. The van der Waals surface area contributed by atoms with Gasteiger partial charge in [0.1, 0.15) is 18.2 Å². The van der Waals surface area contributed by atoms with E-state index in [4.69, 9.17) is 15.9 Å². The SMILES string of the molecule is N=C(N)c1ccc(COc2c(I)cc(I)cc2I)cc1. The van der Waals surface area contributed by atoms with E-state index in [0.717, 1.165) is 24.0 Å². The Hall–Kier alpha value is -0.1000. The average molecular weight is 604 g/mol. The van der Waals surface area contributed by atoms with E-state index < -0.39 is 0 Å². The molecule has 6 heteroatoms. The molecule has 0 radical (unpaired) electrons. The van der Waals surface area contributed by atoms with E-state index >= 15 is 0 Å². The number of halogens is 3. The number of benzene rings is 2. The largest absolute Gasteiger partial charge is 0.487 e. The zero-order valence-corrected chi connectivity index (χ0v) is 16.8. The van der Waals surface area contributed by atoms with Gasteiger partial charge in [0, 0.05) is 9.13 Å². The predicted octanol–water partition coefficient (Wildman–Crippen LogP) is 4.36. The summed E-state index contributed by atoms with van der Waals surface area (Å²) in [6.07, 6.45) is 0. The molecule has 0 saturated heterocycles. The van der Waals surface area contributed by atoms with Gasteiger partial charge in [-0.15, -0.1) is 0 Å². The van der Waals surface area contributed by atoms with Crippen molar-refractivity contribution in [1.82, 2.24) is 0 Å². The number of rotatable bonds is 4. The van der Waals surface area contributed by atoms with Gasteiger partial charge in [0.15, 0.2) is 0 Å².